The summed E-state index contributed by atoms with van der Waals surface area (Å²) in [7, 11) is 0. The monoisotopic (exact) mass is 335 g/mol. The van der Waals surface area contributed by atoms with Gasteiger partial charge in [0, 0.05) is 16.6 Å². The van der Waals surface area contributed by atoms with E-state index in [1.807, 2.05) is 36.6 Å². The summed E-state index contributed by atoms with van der Waals surface area (Å²) >= 11 is 5.16. The zero-order valence-corrected chi connectivity index (χ0v) is 12.9. The van der Waals surface area contributed by atoms with Crippen molar-refractivity contribution in [2.45, 2.75) is 6.92 Å². The van der Waals surface area contributed by atoms with Gasteiger partial charge in [0.15, 0.2) is 0 Å². The molecule has 2 rings (SSSR count). The molecular weight excluding hydrogens is 322 g/mol. The number of nitrogens with zero attached hydrogens (tertiary/aromatic N) is 2. The number of hydrogen-bond acceptors (Lipinski definition) is 3. The summed E-state index contributed by atoms with van der Waals surface area (Å²) in [6.07, 6.45) is 1.31. The third-order valence-electron chi connectivity index (χ3n) is 2.50. The predicted octanol–water partition coefficient (Wildman–Crippen LogP) is 3.99. The first-order chi connectivity index (χ1) is 9.26. The molecule has 98 valence electrons. The third kappa shape index (κ3) is 3.30. The Morgan fingerprint density at radius 1 is 1.42 bits per heavy atom. The molecule has 1 aromatic heterocycles. The minimum Gasteiger partial charge on any atom is -0.390 e. The fraction of sp³-hybridized carbons (Fsp3) is 0.143. The SMILES string of the molecule is CCN=C(c1cccs1)c1cc(Br)ccc1N=CN. The summed E-state index contributed by atoms with van der Waals surface area (Å²) in [5, 5.41) is 2.05. The molecule has 2 N–H and O–H groups in total. The van der Waals surface area contributed by atoms with Crippen LogP contribution in [0.5, 0.6) is 0 Å². The molecule has 0 aliphatic rings. The van der Waals surface area contributed by atoms with Gasteiger partial charge in [0.1, 0.15) is 0 Å². The van der Waals surface area contributed by atoms with Crippen molar-refractivity contribution in [3.8, 4) is 0 Å². The first-order valence-electron chi connectivity index (χ1n) is 5.88. The first-order valence-corrected chi connectivity index (χ1v) is 7.56. The Hall–Kier alpha value is -1.46. The second-order valence-electron chi connectivity index (χ2n) is 3.74. The molecule has 3 nitrogen and oxygen atoms in total. The Bertz CT molecular complexity index is 603. The minimum absolute atomic E-state index is 0.728. The van der Waals surface area contributed by atoms with Crippen LogP contribution in [0, 0.1) is 0 Å². The molecule has 0 aliphatic carbocycles. The smallest absolute Gasteiger partial charge is 0.0860 e. The van der Waals surface area contributed by atoms with Crippen molar-refractivity contribution in [1.82, 2.24) is 0 Å². The zero-order chi connectivity index (χ0) is 13.7. The molecule has 0 saturated heterocycles. The highest BCUT2D eigenvalue weighted by molar-refractivity contribution is 9.10. The molecule has 5 heteroatoms. The predicted molar refractivity (Wildman–Crippen MR) is 87.0 cm³/mol. The molecule has 19 heavy (non-hydrogen) atoms. The molecular formula is C14H14BrN3S. The molecule has 1 aromatic carbocycles. The lowest BCUT2D eigenvalue weighted by atomic mass is 10.1. The highest BCUT2D eigenvalue weighted by Gasteiger charge is 2.12. The fourth-order valence-electron chi connectivity index (χ4n) is 1.76. The highest BCUT2D eigenvalue weighted by atomic mass is 79.9. The second-order valence-corrected chi connectivity index (χ2v) is 5.60. The van der Waals surface area contributed by atoms with Gasteiger partial charge in [-0.05, 0) is 36.6 Å². The number of benzene rings is 1. The molecule has 0 radical (unpaired) electrons. The Balaban J connectivity index is 2.59. The van der Waals surface area contributed by atoms with Gasteiger partial charge in [-0.15, -0.1) is 11.3 Å². The van der Waals surface area contributed by atoms with Gasteiger partial charge in [-0.25, -0.2) is 4.99 Å². The summed E-state index contributed by atoms with van der Waals surface area (Å²) in [5.74, 6) is 0. The van der Waals surface area contributed by atoms with Crippen molar-refractivity contribution in [3.63, 3.8) is 0 Å². The van der Waals surface area contributed by atoms with E-state index < -0.39 is 0 Å². The molecule has 0 atom stereocenters. The lowest BCUT2D eigenvalue weighted by Crippen LogP contribution is -2.03. The van der Waals surface area contributed by atoms with Crippen LogP contribution in [0.1, 0.15) is 17.4 Å². The van der Waals surface area contributed by atoms with Crippen LogP contribution in [0.25, 0.3) is 0 Å². The van der Waals surface area contributed by atoms with E-state index in [1.54, 1.807) is 11.3 Å². The van der Waals surface area contributed by atoms with E-state index in [0.717, 1.165) is 32.9 Å². The Labute approximate surface area is 125 Å². The van der Waals surface area contributed by atoms with Crippen LogP contribution in [0.3, 0.4) is 0 Å². The molecule has 2 aromatic rings. The van der Waals surface area contributed by atoms with Gasteiger partial charge in [-0.3, -0.25) is 4.99 Å². The van der Waals surface area contributed by atoms with Gasteiger partial charge in [0.2, 0.25) is 0 Å². The van der Waals surface area contributed by atoms with Crippen LogP contribution in [0.15, 0.2) is 50.2 Å². The highest BCUT2D eigenvalue weighted by Crippen LogP contribution is 2.27. The molecule has 0 aliphatic heterocycles. The number of rotatable bonds is 4. The number of nitrogens with two attached hydrogens (primary N) is 1. The number of halogens is 1. The summed E-state index contributed by atoms with van der Waals surface area (Å²) in [5.41, 5.74) is 8.19. The molecule has 0 unspecified atom stereocenters. The van der Waals surface area contributed by atoms with Crippen LogP contribution in [-0.4, -0.2) is 18.6 Å². The van der Waals surface area contributed by atoms with Crippen LogP contribution < -0.4 is 5.73 Å². The van der Waals surface area contributed by atoms with Gasteiger partial charge in [-0.1, -0.05) is 22.0 Å². The van der Waals surface area contributed by atoms with E-state index >= 15 is 0 Å². The lowest BCUT2D eigenvalue weighted by molar-refractivity contribution is 1.13. The summed E-state index contributed by atoms with van der Waals surface area (Å²) in [6.45, 7) is 2.75. The molecule has 0 amide bonds. The van der Waals surface area contributed by atoms with E-state index in [0.29, 0.717) is 0 Å². The van der Waals surface area contributed by atoms with Gasteiger partial charge in [0.25, 0.3) is 0 Å². The van der Waals surface area contributed by atoms with Gasteiger partial charge < -0.3 is 5.73 Å². The fourth-order valence-corrected chi connectivity index (χ4v) is 2.87. The van der Waals surface area contributed by atoms with Crippen LogP contribution >= 0.6 is 27.3 Å². The Morgan fingerprint density at radius 2 is 2.26 bits per heavy atom. The molecule has 0 fully saturated rings. The maximum absolute atomic E-state index is 5.42. The van der Waals surface area contributed by atoms with Crippen molar-refractivity contribution in [2.24, 2.45) is 15.7 Å². The largest absolute Gasteiger partial charge is 0.390 e. The number of hydrogen-bond donors (Lipinski definition) is 1. The Morgan fingerprint density at radius 3 is 2.89 bits per heavy atom. The molecule has 0 saturated carbocycles. The lowest BCUT2D eigenvalue weighted by Gasteiger charge is -2.08. The summed E-state index contributed by atoms with van der Waals surface area (Å²) in [4.78, 5) is 9.96. The van der Waals surface area contributed by atoms with Crippen molar-refractivity contribution >= 4 is 45.0 Å². The number of thiophene rings is 1. The first kappa shape index (κ1) is 14.0. The van der Waals surface area contributed by atoms with Crippen molar-refractivity contribution in [3.05, 3.63) is 50.6 Å². The average molecular weight is 336 g/mol. The van der Waals surface area contributed by atoms with Crippen molar-refractivity contribution < 1.29 is 0 Å². The quantitative estimate of drug-likeness (QED) is 0.666. The van der Waals surface area contributed by atoms with E-state index in [4.69, 9.17) is 5.73 Å². The molecule has 1 heterocycles. The number of aliphatic imine (C=N–C) groups is 2. The van der Waals surface area contributed by atoms with E-state index in [9.17, 15) is 0 Å². The van der Waals surface area contributed by atoms with Gasteiger partial charge in [-0.2, -0.15) is 0 Å². The summed E-state index contributed by atoms with van der Waals surface area (Å²) < 4.78 is 0.999. The average Bonchev–Trinajstić information content (AvgIpc) is 2.92. The normalized spacial score (nSPS) is 12.2. The molecule has 0 bridgehead atoms. The standard InChI is InChI=1S/C14H14BrN3S/c1-2-17-14(13-4-3-7-19-13)11-8-10(15)5-6-12(11)18-9-16/h3-9H,2H2,1H3,(H2,16,18). The minimum atomic E-state index is 0.728. The zero-order valence-electron chi connectivity index (χ0n) is 10.5. The van der Waals surface area contributed by atoms with Crippen LogP contribution in [0.4, 0.5) is 5.69 Å². The van der Waals surface area contributed by atoms with Gasteiger partial charge >= 0.3 is 0 Å². The van der Waals surface area contributed by atoms with Crippen LogP contribution in [0.2, 0.25) is 0 Å². The van der Waals surface area contributed by atoms with Crippen molar-refractivity contribution in [1.29, 1.82) is 0 Å². The molecule has 0 spiro atoms. The van der Waals surface area contributed by atoms with E-state index in [-0.39, 0.29) is 0 Å². The van der Waals surface area contributed by atoms with Gasteiger partial charge in [0.05, 0.1) is 22.6 Å². The summed E-state index contributed by atoms with van der Waals surface area (Å²) in [6, 6.07) is 9.99. The third-order valence-corrected chi connectivity index (χ3v) is 3.87. The Kier molecular flexibility index (Phi) is 4.87. The van der Waals surface area contributed by atoms with E-state index in [1.165, 1.54) is 6.34 Å². The van der Waals surface area contributed by atoms with E-state index in [2.05, 4.69) is 32.0 Å². The second kappa shape index (κ2) is 6.63. The maximum Gasteiger partial charge on any atom is 0.0860 e. The van der Waals surface area contributed by atoms with Crippen LogP contribution in [-0.2, 0) is 0 Å². The topological polar surface area (TPSA) is 50.7 Å². The maximum atomic E-state index is 5.42. The van der Waals surface area contributed by atoms with Crippen molar-refractivity contribution in [2.75, 3.05) is 6.54 Å².